The van der Waals surface area contributed by atoms with Gasteiger partial charge < -0.3 is 14.8 Å². The largest absolute Gasteiger partial charge is 0.463 e. The molecule has 6 heteroatoms. The van der Waals surface area contributed by atoms with Gasteiger partial charge in [-0.25, -0.2) is 0 Å². The third kappa shape index (κ3) is 9.47. The Morgan fingerprint density at radius 2 is 1.52 bits per heavy atom. The molecule has 0 radical (unpaired) electrons. The summed E-state index contributed by atoms with van der Waals surface area (Å²) in [5, 5.41) is 3.54. The van der Waals surface area contributed by atoms with Crippen molar-refractivity contribution < 1.29 is 19.1 Å². The van der Waals surface area contributed by atoms with Crippen molar-refractivity contribution in [2.45, 2.75) is 90.5 Å². The molecule has 0 spiro atoms. The van der Waals surface area contributed by atoms with Crippen LogP contribution in [-0.2, 0) is 19.1 Å². The molecule has 1 fully saturated rings. The predicted octanol–water partition coefficient (Wildman–Crippen LogP) is 2.31. The second-order valence-corrected chi connectivity index (χ2v) is 7.45. The maximum Gasteiger partial charge on any atom is 0.306 e. The fourth-order valence-electron chi connectivity index (χ4n) is 3.08. The Morgan fingerprint density at radius 3 is 1.96 bits per heavy atom. The number of nitrogens with one attached hydrogen (secondary N) is 1. The molecule has 0 bridgehead atoms. The molecule has 0 atom stereocenters. The van der Waals surface area contributed by atoms with E-state index in [4.69, 9.17) is 9.47 Å². The smallest absolute Gasteiger partial charge is 0.306 e. The summed E-state index contributed by atoms with van der Waals surface area (Å²) in [6, 6.07) is 0. The van der Waals surface area contributed by atoms with Gasteiger partial charge in [0.25, 0.3) is 0 Å². The van der Waals surface area contributed by atoms with Crippen LogP contribution in [0.3, 0.4) is 0 Å². The molecule has 5 nitrogen and oxygen atoms in total. The fourth-order valence-corrected chi connectivity index (χ4v) is 3.08. The van der Waals surface area contributed by atoms with Crippen LogP contribution in [0.1, 0.15) is 67.2 Å². The van der Waals surface area contributed by atoms with Crippen LogP contribution in [0, 0.1) is 6.31 Å². The third-order valence-electron chi connectivity index (χ3n) is 3.35. The molecule has 1 heterocycles. The van der Waals surface area contributed by atoms with E-state index >= 15 is 0 Å². The van der Waals surface area contributed by atoms with E-state index < -0.39 is 0 Å². The van der Waals surface area contributed by atoms with Crippen LogP contribution in [0.2, 0.25) is 0 Å². The van der Waals surface area contributed by atoms with E-state index in [-0.39, 0.29) is 48.1 Å². The molecule has 1 N–H and O–H groups in total. The van der Waals surface area contributed by atoms with Gasteiger partial charge in [-0.2, -0.15) is 0 Å². The first-order valence-electron chi connectivity index (χ1n) is 8.01. The van der Waals surface area contributed by atoms with Gasteiger partial charge in [0.1, 0.15) is 6.10 Å². The minimum absolute atomic E-state index is 0.0662. The minimum atomic E-state index is -0.354. The summed E-state index contributed by atoms with van der Waals surface area (Å²) >= 11 is 0. The monoisotopic (exact) mass is 323 g/mol. The summed E-state index contributed by atoms with van der Waals surface area (Å²) in [5.74, 6) is -0.679. The number of carbonyl (C=O) groups is 2. The summed E-state index contributed by atoms with van der Waals surface area (Å²) in [7, 11) is 4.00. The number of esters is 2. The van der Waals surface area contributed by atoms with Crippen molar-refractivity contribution in [3.8, 4) is 6.31 Å². The minimum Gasteiger partial charge on any atom is -0.463 e. The van der Waals surface area contributed by atoms with E-state index in [9.17, 15) is 9.59 Å². The quantitative estimate of drug-likeness (QED) is 0.621. The van der Waals surface area contributed by atoms with Crippen LogP contribution in [0.4, 0.5) is 0 Å². The zero-order valence-corrected chi connectivity index (χ0v) is 15.3. The molecule has 1 aliphatic rings. The maximum atomic E-state index is 11.9. The number of hydrogen-bond donors (Lipinski definition) is 1. The topological polar surface area (TPSA) is 64.6 Å². The number of ether oxygens (including phenoxy) is 2. The first-order valence-corrected chi connectivity index (χ1v) is 8.01. The van der Waals surface area contributed by atoms with Gasteiger partial charge in [0.15, 0.2) is 0 Å². The van der Waals surface area contributed by atoms with Crippen LogP contribution < -0.4 is 5.32 Å². The first kappa shape index (κ1) is 21.7. The van der Waals surface area contributed by atoms with Gasteiger partial charge >= 0.3 is 25.6 Å². The van der Waals surface area contributed by atoms with E-state index in [0.29, 0.717) is 0 Å². The maximum absolute atomic E-state index is 11.9. The van der Waals surface area contributed by atoms with E-state index in [1.165, 1.54) is 0 Å². The Hall–Kier alpha value is -1.26. The molecule has 0 aromatic rings. The van der Waals surface area contributed by atoms with Gasteiger partial charge in [-0.1, -0.05) is 0 Å². The van der Waals surface area contributed by atoms with Crippen molar-refractivity contribution in [3.05, 3.63) is 0 Å². The number of carbonyl (C=O) groups excluding carboxylic acids is 2. The van der Waals surface area contributed by atoms with Crippen LogP contribution >= 0.6 is 0 Å². The normalized spacial score (nSPS) is 19.5. The zero-order chi connectivity index (χ0) is 18.3. The Bertz CT molecular complexity index is 414. The Labute approximate surface area is 141 Å². The number of hydrogen-bond acceptors (Lipinski definition) is 5. The van der Waals surface area contributed by atoms with Crippen molar-refractivity contribution in [2.75, 3.05) is 0 Å². The van der Waals surface area contributed by atoms with Crippen molar-refractivity contribution >= 4 is 19.3 Å². The molecule has 0 amide bonds. The average molecular weight is 323 g/mol. The molecule has 0 unspecified atom stereocenters. The van der Waals surface area contributed by atoms with Crippen molar-refractivity contribution in [2.24, 2.45) is 0 Å². The van der Waals surface area contributed by atoms with Crippen LogP contribution in [-0.4, -0.2) is 42.6 Å². The Morgan fingerprint density at radius 1 is 1.09 bits per heavy atom. The van der Waals surface area contributed by atoms with Gasteiger partial charge in [-0.3, -0.25) is 9.59 Å². The molecule has 0 saturated carbocycles. The van der Waals surface area contributed by atoms with E-state index in [1.807, 2.05) is 0 Å². The Kier molecular flexibility index (Phi) is 8.64. The molecule has 0 aliphatic carbocycles. The van der Waals surface area contributed by atoms with Gasteiger partial charge in [0.2, 0.25) is 0 Å². The van der Waals surface area contributed by atoms with Crippen LogP contribution in [0.15, 0.2) is 0 Å². The van der Waals surface area contributed by atoms with Crippen molar-refractivity contribution in [1.29, 1.82) is 0 Å². The first-order chi connectivity index (χ1) is 10.5. The molecule has 0 aromatic carbocycles. The average Bonchev–Trinajstić information content (AvgIpc) is 2.34. The molecular weight excluding hydrogens is 293 g/mol. The fraction of sp³-hybridized carbons (Fsp3) is 0.824. The van der Waals surface area contributed by atoms with Gasteiger partial charge in [-0.15, -0.1) is 0 Å². The molecule has 1 saturated heterocycles. The van der Waals surface area contributed by atoms with Gasteiger partial charge in [-0.05, 0) is 41.5 Å². The Balaban J connectivity index is 0.00000232. The van der Waals surface area contributed by atoms with Crippen LogP contribution in [0.25, 0.3) is 0 Å². The summed E-state index contributed by atoms with van der Waals surface area (Å²) in [4.78, 5) is 23.3. The van der Waals surface area contributed by atoms with Crippen molar-refractivity contribution in [1.82, 2.24) is 5.32 Å². The summed E-state index contributed by atoms with van der Waals surface area (Å²) in [6.07, 6.45) is 5.45. The zero-order valence-electron chi connectivity index (χ0n) is 15.3. The second-order valence-electron chi connectivity index (χ2n) is 7.45. The van der Waals surface area contributed by atoms with E-state index in [2.05, 4.69) is 46.6 Å². The van der Waals surface area contributed by atoms with Crippen molar-refractivity contribution in [3.63, 3.8) is 0 Å². The SMILES string of the molecule is B#C.CC(C)OC(=O)CCC(=O)OC1CC(C)(C)NC(C)(C)C1. The summed E-state index contributed by atoms with van der Waals surface area (Å²) < 4.78 is 10.5. The number of rotatable bonds is 5. The molecule has 23 heavy (non-hydrogen) atoms. The summed E-state index contributed by atoms with van der Waals surface area (Å²) in [5.41, 5.74) is -0.132. The summed E-state index contributed by atoms with van der Waals surface area (Å²) in [6.45, 7) is 12.0. The standard InChI is InChI=1S/C16H29NO4.CHB/c1-11(2)20-13(18)7-8-14(19)21-12-9-15(3,4)17-16(5,6)10-12;1-2/h11-12,17H,7-10H2,1-6H3;1H. The molecule has 1 rings (SSSR count). The second kappa shape index (κ2) is 9.14. The molecular formula is C17H30BNO4. The predicted molar refractivity (Wildman–Crippen MR) is 91.6 cm³/mol. The third-order valence-corrected chi connectivity index (χ3v) is 3.35. The van der Waals surface area contributed by atoms with E-state index in [0.717, 1.165) is 12.8 Å². The molecule has 0 aromatic heterocycles. The van der Waals surface area contributed by atoms with Gasteiger partial charge in [0, 0.05) is 23.9 Å². The molecule has 130 valence electrons. The van der Waals surface area contributed by atoms with E-state index in [1.54, 1.807) is 13.8 Å². The van der Waals surface area contributed by atoms with Gasteiger partial charge in [0.05, 0.1) is 18.9 Å². The number of piperidine rings is 1. The molecule has 1 aliphatic heterocycles. The van der Waals surface area contributed by atoms with Crippen LogP contribution in [0.5, 0.6) is 0 Å².